The van der Waals surface area contributed by atoms with Crippen LogP contribution in [0.15, 0.2) is 48.5 Å². The molecule has 2 unspecified atom stereocenters. The van der Waals surface area contributed by atoms with E-state index in [4.69, 9.17) is 4.74 Å². The van der Waals surface area contributed by atoms with Gasteiger partial charge in [0.1, 0.15) is 6.61 Å². The van der Waals surface area contributed by atoms with E-state index < -0.39 is 17.6 Å². The maximum Gasteiger partial charge on any atom is 0.410 e. The molecule has 1 aliphatic carbocycles. The van der Waals surface area contributed by atoms with E-state index in [0.29, 0.717) is 19.4 Å². The predicted octanol–water partition coefficient (Wildman–Crippen LogP) is 5.39. The number of fused-ring (bicyclic) bond motifs is 3. The quantitative estimate of drug-likeness (QED) is 0.654. The molecule has 0 saturated carbocycles. The number of nitrogens with zero attached hydrogens (tertiary/aromatic N) is 1. The molecule has 2 atom stereocenters. The van der Waals surface area contributed by atoms with Crippen molar-refractivity contribution >= 4 is 23.8 Å². The van der Waals surface area contributed by atoms with Crippen molar-refractivity contribution in [1.29, 1.82) is 0 Å². The van der Waals surface area contributed by atoms with E-state index in [0.717, 1.165) is 23.3 Å². The molecular weight excluding hydrogens is 410 g/mol. The van der Waals surface area contributed by atoms with E-state index >= 15 is 0 Å². The van der Waals surface area contributed by atoms with E-state index in [9.17, 15) is 14.7 Å². The molecule has 0 spiro atoms. The maximum absolute atomic E-state index is 13.3. The van der Waals surface area contributed by atoms with Crippen LogP contribution in [0.2, 0.25) is 0 Å². The molecule has 2 aromatic carbocycles. The van der Waals surface area contributed by atoms with Crippen molar-refractivity contribution in [1.82, 2.24) is 4.90 Å². The number of benzene rings is 2. The van der Waals surface area contributed by atoms with Crippen LogP contribution < -0.4 is 0 Å². The van der Waals surface area contributed by atoms with Crippen molar-refractivity contribution in [3.63, 3.8) is 0 Å². The predicted molar refractivity (Wildman–Crippen MR) is 124 cm³/mol. The molecule has 164 valence electrons. The van der Waals surface area contributed by atoms with Gasteiger partial charge in [0.15, 0.2) is 5.54 Å². The van der Waals surface area contributed by atoms with Crippen molar-refractivity contribution in [2.45, 2.75) is 49.8 Å². The third kappa shape index (κ3) is 3.71. The standard InChI is InChI=1S/C25H29NO4S/c1-3-14-26(25(23(27)28)13-8-15-31-17(25)2)24(29)30-16-22-20-11-6-4-9-18(20)19-10-5-7-12-21(19)22/h4-7,9-12,17,22H,3,8,13-16H2,1-2H3,(H,27,28). The molecule has 1 N–H and O–H groups in total. The van der Waals surface area contributed by atoms with Gasteiger partial charge in [0.25, 0.3) is 0 Å². The van der Waals surface area contributed by atoms with Crippen LogP contribution in [-0.2, 0) is 9.53 Å². The van der Waals surface area contributed by atoms with Crippen LogP contribution in [0.5, 0.6) is 0 Å². The Balaban J connectivity index is 1.59. The van der Waals surface area contributed by atoms with E-state index in [1.807, 2.05) is 38.1 Å². The zero-order valence-corrected chi connectivity index (χ0v) is 18.9. The third-order valence-corrected chi connectivity index (χ3v) is 8.01. The summed E-state index contributed by atoms with van der Waals surface area (Å²) < 4.78 is 5.85. The highest BCUT2D eigenvalue weighted by Gasteiger charge is 2.52. The molecule has 0 radical (unpaired) electrons. The van der Waals surface area contributed by atoms with Gasteiger partial charge >= 0.3 is 12.1 Å². The molecule has 2 aromatic rings. The topological polar surface area (TPSA) is 66.8 Å². The number of thioether (sulfide) groups is 1. The highest BCUT2D eigenvalue weighted by molar-refractivity contribution is 8.00. The minimum absolute atomic E-state index is 0.0428. The number of carbonyl (C=O) groups excluding carboxylic acids is 1. The van der Waals surface area contributed by atoms with Crippen molar-refractivity contribution in [2.75, 3.05) is 18.9 Å². The summed E-state index contributed by atoms with van der Waals surface area (Å²) in [6, 6.07) is 16.4. The van der Waals surface area contributed by atoms with Gasteiger partial charge in [-0.2, -0.15) is 11.8 Å². The second-order valence-corrected chi connectivity index (χ2v) is 9.75. The van der Waals surface area contributed by atoms with Gasteiger partial charge in [-0.25, -0.2) is 9.59 Å². The summed E-state index contributed by atoms with van der Waals surface area (Å²) in [6.07, 6.45) is 1.38. The molecule has 4 rings (SSSR count). The van der Waals surface area contributed by atoms with E-state index in [1.165, 1.54) is 16.0 Å². The van der Waals surface area contributed by atoms with E-state index in [2.05, 4.69) is 24.3 Å². The number of carboxylic acid groups (broad SMARTS) is 1. The van der Waals surface area contributed by atoms with Crippen LogP contribution >= 0.6 is 11.8 Å². The summed E-state index contributed by atoms with van der Waals surface area (Å²) in [5.41, 5.74) is 3.41. The second kappa shape index (κ2) is 8.95. The normalized spacial score (nSPS) is 22.5. The van der Waals surface area contributed by atoms with Crippen LogP contribution in [0.1, 0.15) is 50.2 Å². The lowest BCUT2D eigenvalue weighted by molar-refractivity contribution is -0.151. The molecule has 1 heterocycles. The van der Waals surface area contributed by atoms with Crippen LogP contribution in [-0.4, -0.2) is 51.8 Å². The lowest BCUT2D eigenvalue weighted by atomic mass is 9.87. The molecule has 0 bridgehead atoms. The fourth-order valence-corrected chi connectivity index (χ4v) is 6.33. The Morgan fingerprint density at radius 3 is 2.29 bits per heavy atom. The fourth-order valence-electron chi connectivity index (χ4n) is 5.04. The lowest BCUT2D eigenvalue weighted by Gasteiger charge is -2.46. The highest BCUT2D eigenvalue weighted by Crippen LogP contribution is 2.45. The molecule has 1 saturated heterocycles. The van der Waals surface area contributed by atoms with Gasteiger partial charge in [-0.15, -0.1) is 0 Å². The zero-order valence-electron chi connectivity index (χ0n) is 18.0. The minimum Gasteiger partial charge on any atom is -0.479 e. The molecule has 5 nitrogen and oxygen atoms in total. The molecular formula is C25H29NO4S. The first-order valence-electron chi connectivity index (χ1n) is 11.0. The average Bonchev–Trinajstić information content (AvgIpc) is 3.10. The van der Waals surface area contributed by atoms with Crippen LogP contribution in [0.25, 0.3) is 11.1 Å². The summed E-state index contributed by atoms with van der Waals surface area (Å²) in [6.45, 7) is 4.44. The summed E-state index contributed by atoms with van der Waals surface area (Å²) >= 11 is 1.62. The molecule has 6 heteroatoms. The Morgan fingerprint density at radius 1 is 1.13 bits per heavy atom. The van der Waals surface area contributed by atoms with Crippen molar-refractivity contribution in [3.8, 4) is 11.1 Å². The molecule has 1 amide bonds. The Morgan fingerprint density at radius 2 is 1.74 bits per heavy atom. The SMILES string of the molecule is CCCN(C(=O)OCC1c2ccccc2-c2ccccc21)C1(C(=O)O)CCCSC1C. The summed E-state index contributed by atoms with van der Waals surface area (Å²) in [5, 5.41) is 9.99. The van der Waals surface area contributed by atoms with Crippen molar-refractivity contribution < 1.29 is 19.4 Å². The minimum atomic E-state index is -1.22. The van der Waals surface area contributed by atoms with E-state index in [-0.39, 0.29) is 17.8 Å². The smallest absolute Gasteiger partial charge is 0.410 e. The highest BCUT2D eigenvalue weighted by atomic mass is 32.2. The Labute approximate surface area is 187 Å². The van der Waals surface area contributed by atoms with Gasteiger partial charge in [0, 0.05) is 17.7 Å². The van der Waals surface area contributed by atoms with Crippen molar-refractivity contribution in [3.05, 3.63) is 59.7 Å². The Hall–Kier alpha value is -2.47. The van der Waals surface area contributed by atoms with E-state index in [1.54, 1.807) is 11.8 Å². The molecule has 31 heavy (non-hydrogen) atoms. The second-order valence-electron chi connectivity index (χ2n) is 8.30. The number of ether oxygens (including phenoxy) is 1. The number of carboxylic acids is 1. The number of hydrogen-bond donors (Lipinski definition) is 1. The van der Waals surface area contributed by atoms with Gasteiger partial charge in [0.05, 0.1) is 0 Å². The molecule has 2 aliphatic rings. The van der Waals surface area contributed by atoms with Crippen LogP contribution in [0, 0.1) is 0 Å². The summed E-state index contributed by atoms with van der Waals surface area (Å²) in [4.78, 5) is 27.2. The Bertz CT molecular complexity index is 932. The summed E-state index contributed by atoms with van der Waals surface area (Å²) in [5.74, 6) is -0.0613. The number of rotatable bonds is 6. The zero-order chi connectivity index (χ0) is 22.0. The maximum atomic E-state index is 13.3. The van der Waals surface area contributed by atoms with Gasteiger partial charge in [-0.1, -0.05) is 62.4 Å². The largest absolute Gasteiger partial charge is 0.479 e. The molecule has 1 aliphatic heterocycles. The Kier molecular flexibility index (Phi) is 6.28. The molecule has 0 aromatic heterocycles. The fraction of sp³-hybridized carbons (Fsp3) is 0.440. The van der Waals surface area contributed by atoms with Gasteiger partial charge in [-0.05, 0) is 47.3 Å². The first-order valence-corrected chi connectivity index (χ1v) is 12.0. The summed E-state index contributed by atoms with van der Waals surface area (Å²) in [7, 11) is 0. The van der Waals surface area contributed by atoms with Gasteiger partial charge in [-0.3, -0.25) is 4.90 Å². The van der Waals surface area contributed by atoms with Crippen molar-refractivity contribution in [2.24, 2.45) is 0 Å². The molecule has 1 fully saturated rings. The average molecular weight is 440 g/mol. The monoisotopic (exact) mass is 439 g/mol. The first-order chi connectivity index (χ1) is 15.0. The lowest BCUT2D eigenvalue weighted by Crippen LogP contribution is -2.63. The van der Waals surface area contributed by atoms with Crippen LogP contribution in [0.4, 0.5) is 4.79 Å². The van der Waals surface area contributed by atoms with Crippen LogP contribution in [0.3, 0.4) is 0 Å². The number of carbonyl (C=O) groups is 2. The number of amides is 1. The first kappa shape index (κ1) is 21.8. The van der Waals surface area contributed by atoms with Gasteiger partial charge in [0.2, 0.25) is 0 Å². The van der Waals surface area contributed by atoms with Gasteiger partial charge < -0.3 is 9.84 Å². The number of hydrogen-bond acceptors (Lipinski definition) is 4. The number of aliphatic carboxylic acids is 1. The third-order valence-electron chi connectivity index (χ3n) is 6.60.